The molecule has 1 saturated heterocycles. The van der Waals surface area contributed by atoms with Crippen molar-refractivity contribution in [2.75, 3.05) is 13.1 Å². The maximum atomic E-state index is 11.9. The molecule has 1 aromatic heterocycles. The molecule has 1 fully saturated rings. The molecule has 0 aliphatic carbocycles. The fraction of sp³-hybridized carbons (Fsp3) is 0.500. The minimum absolute atomic E-state index is 0.0384. The van der Waals surface area contributed by atoms with Gasteiger partial charge in [0.15, 0.2) is 4.67 Å². The molecule has 2 N–H and O–H groups in total. The van der Waals surface area contributed by atoms with Gasteiger partial charge in [-0.15, -0.1) is 0 Å². The third-order valence-electron chi connectivity index (χ3n) is 2.33. The van der Waals surface area contributed by atoms with Crippen LogP contribution < -0.4 is 5.73 Å². The lowest BCUT2D eigenvalue weighted by molar-refractivity contribution is 0.399. The first-order valence-corrected chi connectivity index (χ1v) is 6.74. The number of halogens is 1. The summed E-state index contributed by atoms with van der Waals surface area (Å²) in [5.74, 6) is 0. The number of rotatable bonds is 2. The summed E-state index contributed by atoms with van der Waals surface area (Å²) in [5.41, 5.74) is 5.66. The molecule has 0 spiro atoms. The Hall–Kier alpha value is -0.370. The van der Waals surface area contributed by atoms with Crippen molar-refractivity contribution in [3.63, 3.8) is 0 Å². The van der Waals surface area contributed by atoms with Gasteiger partial charge in [-0.25, -0.2) is 8.42 Å². The lowest BCUT2D eigenvalue weighted by Gasteiger charge is -2.13. The van der Waals surface area contributed by atoms with Crippen LogP contribution in [-0.2, 0) is 10.0 Å². The SMILES string of the molecule is N[C@H]1CCN(S(=O)(=O)c2ccc(Br)o2)C1. The van der Waals surface area contributed by atoms with E-state index in [1.54, 1.807) is 6.07 Å². The van der Waals surface area contributed by atoms with Gasteiger partial charge in [-0.2, -0.15) is 4.31 Å². The molecule has 15 heavy (non-hydrogen) atoms. The van der Waals surface area contributed by atoms with E-state index < -0.39 is 10.0 Å². The van der Waals surface area contributed by atoms with Crippen LogP contribution in [0.1, 0.15) is 6.42 Å². The fourth-order valence-electron chi connectivity index (χ4n) is 1.54. The number of furan rings is 1. The Kier molecular flexibility index (Phi) is 2.89. The Morgan fingerprint density at radius 1 is 1.53 bits per heavy atom. The lowest BCUT2D eigenvalue weighted by atomic mass is 10.3. The van der Waals surface area contributed by atoms with Crippen LogP contribution in [0.2, 0.25) is 0 Å². The number of sulfonamides is 1. The zero-order chi connectivity index (χ0) is 11.1. The predicted octanol–water partition coefficient (Wildman–Crippen LogP) is 0.764. The largest absolute Gasteiger partial charge is 0.437 e. The number of hydrogen-bond donors (Lipinski definition) is 1. The highest BCUT2D eigenvalue weighted by molar-refractivity contribution is 9.10. The van der Waals surface area contributed by atoms with E-state index >= 15 is 0 Å². The number of nitrogens with two attached hydrogens (primary N) is 1. The Morgan fingerprint density at radius 3 is 2.73 bits per heavy atom. The molecule has 5 nitrogen and oxygen atoms in total. The summed E-state index contributed by atoms with van der Waals surface area (Å²) in [5, 5.41) is -0.0384. The van der Waals surface area contributed by atoms with Crippen molar-refractivity contribution in [1.82, 2.24) is 4.31 Å². The summed E-state index contributed by atoms with van der Waals surface area (Å²) in [6.45, 7) is 0.822. The lowest BCUT2D eigenvalue weighted by Crippen LogP contribution is -2.31. The van der Waals surface area contributed by atoms with E-state index in [1.807, 2.05) is 0 Å². The van der Waals surface area contributed by atoms with Gasteiger partial charge in [0.1, 0.15) is 0 Å². The average Bonchev–Trinajstić information content (AvgIpc) is 2.74. The van der Waals surface area contributed by atoms with Crippen LogP contribution in [0.15, 0.2) is 26.3 Å². The summed E-state index contributed by atoms with van der Waals surface area (Å²) >= 11 is 3.07. The molecule has 2 heterocycles. The van der Waals surface area contributed by atoms with Gasteiger partial charge in [-0.3, -0.25) is 0 Å². The minimum Gasteiger partial charge on any atom is -0.437 e. The van der Waals surface area contributed by atoms with E-state index in [0.29, 0.717) is 24.2 Å². The Balaban J connectivity index is 2.27. The van der Waals surface area contributed by atoms with Crippen LogP contribution in [0.4, 0.5) is 0 Å². The summed E-state index contributed by atoms with van der Waals surface area (Å²) in [4.78, 5) is 0. The molecule has 1 aliphatic rings. The first-order valence-electron chi connectivity index (χ1n) is 4.51. The minimum atomic E-state index is -3.49. The monoisotopic (exact) mass is 294 g/mol. The zero-order valence-electron chi connectivity index (χ0n) is 7.89. The maximum Gasteiger partial charge on any atom is 0.276 e. The summed E-state index contributed by atoms with van der Waals surface area (Å²) in [7, 11) is -3.49. The normalized spacial score (nSPS) is 23.5. The third kappa shape index (κ3) is 2.10. The third-order valence-corrected chi connectivity index (χ3v) is 4.50. The summed E-state index contributed by atoms with van der Waals surface area (Å²) in [6, 6.07) is 2.92. The van der Waals surface area contributed by atoms with Gasteiger partial charge in [0, 0.05) is 19.1 Å². The molecular weight excluding hydrogens is 284 g/mol. The van der Waals surface area contributed by atoms with Gasteiger partial charge in [0.05, 0.1) is 0 Å². The molecule has 0 unspecified atom stereocenters. The highest BCUT2D eigenvalue weighted by Crippen LogP contribution is 2.24. The molecule has 1 atom stereocenters. The van der Waals surface area contributed by atoms with E-state index in [4.69, 9.17) is 10.2 Å². The highest BCUT2D eigenvalue weighted by Gasteiger charge is 2.32. The smallest absolute Gasteiger partial charge is 0.276 e. The van der Waals surface area contributed by atoms with E-state index in [1.165, 1.54) is 10.4 Å². The van der Waals surface area contributed by atoms with Crippen LogP contribution in [0, 0.1) is 0 Å². The standard InChI is InChI=1S/C8H11BrN2O3S/c9-7-1-2-8(14-7)15(12,13)11-4-3-6(10)5-11/h1-2,6H,3-5,10H2/t6-/m0/s1. The Labute approximate surface area is 96.4 Å². The Bertz CT molecular complexity index is 456. The molecule has 1 aliphatic heterocycles. The summed E-state index contributed by atoms with van der Waals surface area (Å²) in [6.07, 6.45) is 0.696. The first kappa shape index (κ1) is 11.1. The van der Waals surface area contributed by atoms with E-state index in [9.17, 15) is 8.42 Å². The van der Waals surface area contributed by atoms with Crippen LogP contribution in [0.5, 0.6) is 0 Å². The van der Waals surface area contributed by atoms with Crippen molar-refractivity contribution >= 4 is 26.0 Å². The van der Waals surface area contributed by atoms with Crippen molar-refractivity contribution in [1.29, 1.82) is 0 Å². The van der Waals surface area contributed by atoms with Crippen LogP contribution >= 0.6 is 15.9 Å². The number of nitrogens with zero attached hydrogens (tertiary/aromatic N) is 1. The van der Waals surface area contributed by atoms with E-state index in [-0.39, 0.29) is 11.1 Å². The molecule has 84 valence electrons. The molecule has 2 rings (SSSR count). The molecule has 0 aromatic carbocycles. The van der Waals surface area contributed by atoms with Crippen molar-refractivity contribution in [3.05, 3.63) is 16.8 Å². The highest BCUT2D eigenvalue weighted by atomic mass is 79.9. The topological polar surface area (TPSA) is 76.5 Å². The van der Waals surface area contributed by atoms with Gasteiger partial charge in [0.2, 0.25) is 5.09 Å². The van der Waals surface area contributed by atoms with Gasteiger partial charge < -0.3 is 10.2 Å². The zero-order valence-corrected chi connectivity index (χ0v) is 10.3. The van der Waals surface area contributed by atoms with E-state index in [2.05, 4.69) is 15.9 Å². The second kappa shape index (κ2) is 3.89. The molecule has 0 radical (unpaired) electrons. The predicted molar refractivity (Wildman–Crippen MR) is 57.8 cm³/mol. The van der Waals surface area contributed by atoms with Crippen LogP contribution in [0.3, 0.4) is 0 Å². The summed E-state index contributed by atoms with van der Waals surface area (Å²) < 4.78 is 30.7. The molecule has 0 bridgehead atoms. The van der Waals surface area contributed by atoms with Gasteiger partial charge >= 0.3 is 0 Å². The van der Waals surface area contributed by atoms with Crippen molar-refractivity contribution < 1.29 is 12.8 Å². The van der Waals surface area contributed by atoms with Gasteiger partial charge in [0.25, 0.3) is 10.0 Å². The second-order valence-corrected chi connectivity index (χ2v) is 6.12. The average molecular weight is 295 g/mol. The molecular formula is C8H11BrN2O3S. The van der Waals surface area contributed by atoms with Crippen LogP contribution in [-0.4, -0.2) is 31.9 Å². The molecule has 1 aromatic rings. The quantitative estimate of drug-likeness (QED) is 0.874. The molecule has 0 amide bonds. The fourth-order valence-corrected chi connectivity index (χ4v) is 3.37. The van der Waals surface area contributed by atoms with Crippen molar-refractivity contribution in [2.45, 2.75) is 17.6 Å². The van der Waals surface area contributed by atoms with Crippen molar-refractivity contribution in [2.24, 2.45) is 5.73 Å². The molecule has 0 saturated carbocycles. The van der Waals surface area contributed by atoms with Crippen LogP contribution in [0.25, 0.3) is 0 Å². The van der Waals surface area contributed by atoms with Gasteiger partial charge in [-0.1, -0.05) is 0 Å². The van der Waals surface area contributed by atoms with Crippen molar-refractivity contribution in [3.8, 4) is 0 Å². The first-order chi connectivity index (χ1) is 7.00. The second-order valence-electron chi connectivity index (χ2n) is 3.47. The number of hydrogen-bond acceptors (Lipinski definition) is 4. The Morgan fingerprint density at radius 2 is 2.27 bits per heavy atom. The molecule has 7 heteroatoms. The van der Waals surface area contributed by atoms with Gasteiger partial charge in [-0.05, 0) is 34.5 Å². The maximum absolute atomic E-state index is 11.9. The van der Waals surface area contributed by atoms with E-state index in [0.717, 1.165) is 0 Å².